The van der Waals surface area contributed by atoms with Gasteiger partial charge in [-0.2, -0.15) is 13.2 Å². The van der Waals surface area contributed by atoms with Crippen LogP contribution in [-0.4, -0.2) is 36.0 Å². The standard InChI is InChI=1S/C15H17BrF3NO/c1-10(14(21)11-4-6-13(16)7-5-11)20-8-2-3-12(9-20)15(17,18)19/h4-7,10,12H,2-3,8-9H2,1H3. The summed E-state index contributed by atoms with van der Waals surface area (Å²) in [4.78, 5) is 14.0. The van der Waals surface area contributed by atoms with Gasteiger partial charge in [-0.25, -0.2) is 0 Å². The summed E-state index contributed by atoms with van der Waals surface area (Å²) in [7, 11) is 0. The molecule has 1 aliphatic heterocycles. The first-order valence-corrected chi connectivity index (χ1v) is 7.69. The van der Waals surface area contributed by atoms with Crippen molar-refractivity contribution in [3.63, 3.8) is 0 Å². The van der Waals surface area contributed by atoms with E-state index in [0.717, 1.165) is 4.47 Å². The molecular weight excluding hydrogens is 347 g/mol. The number of alkyl halides is 3. The molecule has 0 radical (unpaired) electrons. The Morgan fingerprint density at radius 1 is 1.33 bits per heavy atom. The van der Waals surface area contributed by atoms with Crippen molar-refractivity contribution >= 4 is 21.7 Å². The van der Waals surface area contributed by atoms with Crippen LogP contribution in [-0.2, 0) is 0 Å². The normalized spacial score (nSPS) is 22.0. The minimum Gasteiger partial charge on any atom is -0.293 e. The Kier molecular flexibility index (Phi) is 5.09. The number of rotatable bonds is 3. The van der Waals surface area contributed by atoms with E-state index in [1.807, 2.05) is 0 Å². The molecule has 0 amide bonds. The lowest BCUT2D eigenvalue weighted by molar-refractivity contribution is -0.187. The van der Waals surface area contributed by atoms with Gasteiger partial charge in [-0.3, -0.25) is 9.69 Å². The molecular formula is C15H17BrF3NO. The summed E-state index contributed by atoms with van der Waals surface area (Å²) in [6.45, 7) is 2.13. The smallest absolute Gasteiger partial charge is 0.293 e. The fraction of sp³-hybridized carbons (Fsp3) is 0.533. The van der Waals surface area contributed by atoms with E-state index in [0.29, 0.717) is 18.5 Å². The van der Waals surface area contributed by atoms with Gasteiger partial charge in [-0.15, -0.1) is 0 Å². The van der Waals surface area contributed by atoms with E-state index in [4.69, 9.17) is 0 Å². The predicted octanol–water partition coefficient (Wildman–Crippen LogP) is 4.29. The number of likely N-dealkylation sites (tertiary alicyclic amines) is 1. The van der Waals surface area contributed by atoms with Crippen LogP contribution < -0.4 is 0 Å². The molecule has 2 atom stereocenters. The van der Waals surface area contributed by atoms with Crippen LogP contribution in [0.2, 0.25) is 0 Å². The van der Waals surface area contributed by atoms with Crippen molar-refractivity contribution < 1.29 is 18.0 Å². The van der Waals surface area contributed by atoms with E-state index >= 15 is 0 Å². The van der Waals surface area contributed by atoms with Crippen LogP contribution in [0, 0.1) is 5.92 Å². The van der Waals surface area contributed by atoms with Crippen molar-refractivity contribution in [3.05, 3.63) is 34.3 Å². The SMILES string of the molecule is CC(C(=O)c1ccc(Br)cc1)N1CCCC(C(F)(F)F)C1. The maximum Gasteiger partial charge on any atom is 0.393 e. The predicted molar refractivity (Wildman–Crippen MR) is 78.3 cm³/mol. The molecule has 0 aromatic heterocycles. The maximum absolute atomic E-state index is 12.8. The van der Waals surface area contributed by atoms with Gasteiger partial charge >= 0.3 is 6.18 Å². The van der Waals surface area contributed by atoms with E-state index in [9.17, 15) is 18.0 Å². The van der Waals surface area contributed by atoms with Gasteiger partial charge in [0, 0.05) is 16.6 Å². The summed E-state index contributed by atoms with van der Waals surface area (Å²) in [5.41, 5.74) is 0.528. The van der Waals surface area contributed by atoms with Gasteiger partial charge in [0.25, 0.3) is 0 Å². The van der Waals surface area contributed by atoms with Gasteiger partial charge in [0.1, 0.15) is 0 Å². The second-order valence-electron chi connectivity index (χ2n) is 5.42. The zero-order valence-electron chi connectivity index (χ0n) is 11.7. The molecule has 1 aromatic carbocycles. The summed E-state index contributed by atoms with van der Waals surface area (Å²) in [6, 6.07) is 6.36. The summed E-state index contributed by atoms with van der Waals surface area (Å²) in [5.74, 6) is -1.46. The highest BCUT2D eigenvalue weighted by Crippen LogP contribution is 2.34. The van der Waals surface area contributed by atoms with Crippen molar-refractivity contribution in [3.8, 4) is 0 Å². The molecule has 0 bridgehead atoms. The van der Waals surface area contributed by atoms with Gasteiger partial charge in [-0.05, 0) is 38.4 Å². The maximum atomic E-state index is 12.8. The molecule has 6 heteroatoms. The van der Waals surface area contributed by atoms with Crippen molar-refractivity contribution in [1.82, 2.24) is 4.90 Å². The highest BCUT2D eigenvalue weighted by atomic mass is 79.9. The number of piperidine rings is 1. The number of ketones is 1. The van der Waals surface area contributed by atoms with Crippen LogP contribution in [0.4, 0.5) is 13.2 Å². The number of Topliss-reactive ketones (excluding diaryl/α,β-unsaturated/α-hetero) is 1. The van der Waals surface area contributed by atoms with Crippen LogP contribution in [0.5, 0.6) is 0 Å². The first-order chi connectivity index (χ1) is 9.79. The van der Waals surface area contributed by atoms with E-state index in [1.165, 1.54) is 0 Å². The number of hydrogen-bond acceptors (Lipinski definition) is 2. The molecule has 1 aromatic rings. The van der Waals surface area contributed by atoms with Crippen molar-refractivity contribution in [2.45, 2.75) is 32.0 Å². The zero-order valence-corrected chi connectivity index (χ0v) is 13.2. The van der Waals surface area contributed by atoms with Crippen molar-refractivity contribution in [2.75, 3.05) is 13.1 Å². The Labute approximate surface area is 130 Å². The fourth-order valence-electron chi connectivity index (χ4n) is 2.65. The Bertz CT molecular complexity index is 501. The number of carbonyl (C=O) groups excluding carboxylic acids is 1. The van der Waals surface area contributed by atoms with Crippen LogP contribution in [0.3, 0.4) is 0 Å². The monoisotopic (exact) mass is 363 g/mol. The Morgan fingerprint density at radius 2 is 1.95 bits per heavy atom. The topological polar surface area (TPSA) is 20.3 Å². The molecule has 2 rings (SSSR count). The second-order valence-corrected chi connectivity index (χ2v) is 6.34. The Balaban J connectivity index is 2.06. The highest BCUT2D eigenvalue weighted by molar-refractivity contribution is 9.10. The number of halogens is 4. The van der Waals surface area contributed by atoms with Crippen LogP contribution in [0.15, 0.2) is 28.7 Å². The molecule has 0 N–H and O–H groups in total. The summed E-state index contributed by atoms with van der Waals surface area (Å²) in [6.07, 6.45) is -3.56. The highest BCUT2D eigenvalue weighted by Gasteiger charge is 2.43. The molecule has 1 aliphatic rings. The van der Waals surface area contributed by atoms with E-state index in [1.54, 1.807) is 36.1 Å². The van der Waals surface area contributed by atoms with Crippen LogP contribution in [0.25, 0.3) is 0 Å². The lowest BCUT2D eigenvalue weighted by atomic mass is 9.94. The molecule has 21 heavy (non-hydrogen) atoms. The summed E-state index contributed by atoms with van der Waals surface area (Å²) < 4.78 is 39.4. The average Bonchev–Trinajstić information content (AvgIpc) is 2.46. The average molecular weight is 364 g/mol. The third-order valence-corrected chi connectivity index (χ3v) is 4.50. The largest absolute Gasteiger partial charge is 0.393 e. The molecule has 2 unspecified atom stereocenters. The first-order valence-electron chi connectivity index (χ1n) is 6.89. The molecule has 0 saturated carbocycles. The minimum absolute atomic E-state index is 0.0903. The fourth-order valence-corrected chi connectivity index (χ4v) is 2.91. The van der Waals surface area contributed by atoms with E-state index < -0.39 is 18.1 Å². The van der Waals surface area contributed by atoms with Crippen molar-refractivity contribution in [1.29, 1.82) is 0 Å². The quantitative estimate of drug-likeness (QED) is 0.746. The summed E-state index contributed by atoms with van der Waals surface area (Å²) >= 11 is 3.29. The third-order valence-electron chi connectivity index (χ3n) is 3.97. The number of benzene rings is 1. The van der Waals surface area contributed by atoms with Crippen LogP contribution >= 0.6 is 15.9 Å². The lowest BCUT2D eigenvalue weighted by Crippen LogP contribution is -2.48. The molecule has 116 valence electrons. The second kappa shape index (κ2) is 6.48. The van der Waals surface area contributed by atoms with Gasteiger partial charge in [0.15, 0.2) is 5.78 Å². The Hall–Kier alpha value is -0.880. The third kappa shape index (κ3) is 4.07. The van der Waals surface area contributed by atoms with Crippen LogP contribution in [0.1, 0.15) is 30.1 Å². The van der Waals surface area contributed by atoms with Crippen molar-refractivity contribution in [2.24, 2.45) is 5.92 Å². The molecule has 0 aliphatic carbocycles. The molecule has 2 nitrogen and oxygen atoms in total. The number of nitrogens with zero attached hydrogens (tertiary/aromatic N) is 1. The van der Waals surface area contributed by atoms with Gasteiger partial charge < -0.3 is 0 Å². The van der Waals surface area contributed by atoms with E-state index in [-0.39, 0.29) is 18.7 Å². The molecule has 0 spiro atoms. The number of carbonyl (C=O) groups is 1. The van der Waals surface area contributed by atoms with Gasteiger partial charge in [0.2, 0.25) is 0 Å². The lowest BCUT2D eigenvalue weighted by Gasteiger charge is -2.36. The minimum atomic E-state index is -4.18. The first kappa shape index (κ1) is 16.5. The molecule has 1 saturated heterocycles. The number of hydrogen-bond donors (Lipinski definition) is 0. The summed E-state index contributed by atoms with van der Waals surface area (Å²) in [5, 5.41) is 0. The van der Waals surface area contributed by atoms with Gasteiger partial charge in [-0.1, -0.05) is 28.1 Å². The Morgan fingerprint density at radius 3 is 2.52 bits per heavy atom. The van der Waals surface area contributed by atoms with Gasteiger partial charge in [0.05, 0.1) is 12.0 Å². The molecule has 1 heterocycles. The molecule has 1 fully saturated rings. The van der Waals surface area contributed by atoms with E-state index in [2.05, 4.69) is 15.9 Å². The zero-order chi connectivity index (χ0) is 15.6.